The summed E-state index contributed by atoms with van der Waals surface area (Å²) >= 11 is 0. The molecule has 0 saturated heterocycles. The quantitative estimate of drug-likeness (QED) is 0.858. The van der Waals surface area contributed by atoms with Gasteiger partial charge in [0.05, 0.1) is 5.69 Å². The first kappa shape index (κ1) is 14.8. The van der Waals surface area contributed by atoms with Crippen molar-refractivity contribution >= 4 is 16.7 Å². The lowest BCUT2D eigenvalue weighted by atomic mass is 10.1. The predicted octanol–water partition coefficient (Wildman–Crippen LogP) is 1.77. The molecule has 3 rings (SSSR count). The Kier molecular flexibility index (Phi) is 4.00. The monoisotopic (exact) mass is 302 g/mol. The van der Waals surface area contributed by atoms with Crippen LogP contribution in [0.15, 0.2) is 21.9 Å². The van der Waals surface area contributed by atoms with E-state index >= 15 is 0 Å². The Labute approximate surface area is 128 Å². The van der Waals surface area contributed by atoms with E-state index in [0.717, 1.165) is 23.1 Å². The molecule has 1 aliphatic rings. The second-order valence-electron chi connectivity index (χ2n) is 6.10. The average molecular weight is 302 g/mol. The van der Waals surface area contributed by atoms with Gasteiger partial charge in [0.1, 0.15) is 5.39 Å². The number of hydrogen-bond donors (Lipinski definition) is 1. The number of fused-ring (bicyclic) bond motifs is 1. The summed E-state index contributed by atoms with van der Waals surface area (Å²) in [7, 11) is 3.15. The molecule has 2 heterocycles. The van der Waals surface area contributed by atoms with E-state index in [9.17, 15) is 9.59 Å². The third-order valence-corrected chi connectivity index (χ3v) is 4.56. The first-order chi connectivity index (χ1) is 10.6. The first-order valence-electron chi connectivity index (χ1n) is 7.91. The third kappa shape index (κ3) is 2.53. The number of aryl methyl sites for hydroxylation is 1. The maximum Gasteiger partial charge on any atom is 0.332 e. The van der Waals surface area contributed by atoms with Crippen LogP contribution >= 0.6 is 0 Å². The second-order valence-corrected chi connectivity index (χ2v) is 6.10. The van der Waals surface area contributed by atoms with Gasteiger partial charge in [0.15, 0.2) is 5.65 Å². The SMILES string of the molecule is Cn1c(=O)c2c(NC3CCCCCC3)ccnc2n(C)c1=O. The molecule has 2 aromatic rings. The highest BCUT2D eigenvalue weighted by molar-refractivity contribution is 5.88. The highest BCUT2D eigenvalue weighted by Gasteiger charge is 2.17. The fraction of sp³-hybridized carbons (Fsp3) is 0.562. The number of rotatable bonds is 2. The van der Waals surface area contributed by atoms with Crippen molar-refractivity contribution in [3.8, 4) is 0 Å². The lowest BCUT2D eigenvalue weighted by Gasteiger charge is -2.19. The van der Waals surface area contributed by atoms with Crippen LogP contribution in [-0.4, -0.2) is 20.2 Å². The summed E-state index contributed by atoms with van der Waals surface area (Å²) in [6.45, 7) is 0. The summed E-state index contributed by atoms with van der Waals surface area (Å²) < 4.78 is 2.57. The first-order valence-corrected chi connectivity index (χ1v) is 7.91. The van der Waals surface area contributed by atoms with Crippen LogP contribution in [0, 0.1) is 0 Å². The molecule has 2 aromatic heterocycles. The van der Waals surface area contributed by atoms with Gasteiger partial charge in [-0.05, 0) is 18.9 Å². The molecule has 0 spiro atoms. The smallest absolute Gasteiger partial charge is 0.332 e. The molecule has 1 fully saturated rings. The van der Waals surface area contributed by atoms with E-state index in [-0.39, 0.29) is 11.2 Å². The highest BCUT2D eigenvalue weighted by atomic mass is 16.2. The molecule has 6 nitrogen and oxygen atoms in total. The summed E-state index contributed by atoms with van der Waals surface area (Å²) in [5.41, 5.74) is 0.582. The molecule has 6 heteroatoms. The van der Waals surface area contributed by atoms with Crippen molar-refractivity contribution in [1.82, 2.24) is 14.1 Å². The zero-order chi connectivity index (χ0) is 15.7. The molecular weight excluding hydrogens is 280 g/mol. The molecule has 0 aliphatic heterocycles. The fourth-order valence-electron chi connectivity index (χ4n) is 3.25. The molecule has 1 saturated carbocycles. The van der Waals surface area contributed by atoms with Crippen LogP contribution in [0.1, 0.15) is 38.5 Å². The van der Waals surface area contributed by atoms with Gasteiger partial charge in [-0.25, -0.2) is 9.78 Å². The van der Waals surface area contributed by atoms with Crippen molar-refractivity contribution in [2.45, 2.75) is 44.6 Å². The minimum Gasteiger partial charge on any atom is -0.382 e. The molecule has 0 aromatic carbocycles. The van der Waals surface area contributed by atoms with E-state index in [1.54, 1.807) is 13.2 Å². The average Bonchev–Trinajstić information content (AvgIpc) is 2.79. The zero-order valence-corrected chi connectivity index (χ0v) is 13.1. The maximum atomic E-state index is 12.5. The number of pyridine rings is 1. The molecule has 1 N–H and O–H groups in total. The maximum absolute atomic E-state index is 12.5. The Hall–Kier alpha value is -2.11. The van der Waals surface area contributed by atoms with Gasteiger partial charge in [-0.2, -0.15) is 0 Å². The van der Waals surface area contributed by atoms with Crippen LogP contribution in [-0.2, 0) is 14.1 Å². The zero-order valence-electron chi connectivity index (χ0n) is 13.1. The van der Waals surface area contributed by atoms with Gasteiger partial charge in [0.2, 0.25) is 0 Å². The summed E-state index contributed by atoms with van der Waals surface area (Å²) in [5.74, 6) is 0. The minimum atomic E-state index is -0.350. The largest absolute Gasteiger partial charge is 0.382 e. The highest BCUT2D eigenvalue weighted by Crippen LogP contribution is 2.23. The Morgan fingerprint density at radius 1 is 1.09 bits per heavy atom. The van der Waals surface area contributed by atoms with Crippen LogP contribution in [0.5, 0.6) is 0 Å². The molecular formula is C16H22N4O2. The summed E-state index contributed by atoms with van der Waals surface area (Å²) in [5, 5.41) is 4.01. The number of nitrogens with one attached hydrogen (secondary N) is 1. The van der Waals surface area contributed by atoms with Crippen LogP contribution in [0.2, 0.25) is 0 Å². The van der Waals surface area contributed by atoms with Crippen molar-refractivity contribution in [3.63, 3.8) is 0 Å². The predicted molar refractivity (Wildman–Crippen MR) is 87.3 cm³/mol. The lowest BCUT2D eigenvalue weighted by molar-refractivity contribution is 0.620. The van der Waals surface area contributed by atoms with Gasteiger partial charge < -0.3 is 5.32 Å². The van der Waals surface area contributed by atoms with Crippen LogP contribution in [0.3, 0.4) is 0 Å². The molecule has 0 atom stereocenters. The number of nitrogens with zero attached hydrogens (tertiary/aromatic N) is 3. The summed E-state index contributed by atoms with van der Waals surface area (Å²) in [6, 6.07) is 2.22. The van der Waals surface area contributed by atoms with Crippen molar-refractivity contribution in [2.75, 3.05) is 5.32 Å². The van der Waals surface area contributed by atoms with Crippen LogP contribution in [0.4, 0.5) is 5.69 Å². The van der Waals surface area contributed by atoms with Crippen molar-refractivity contribution in [3.05, 3.63) is 33.1 Å². The topological polar surface area (TPSA) is 68.9 Å². The van der Waals surface area contributed by atoms with Crippen molar-refractivity contribution < 1.29 is 0 Å². The molecule has 1 aliphatic carbocycles. The Bertz CT molecular complexity index is 798. The van der Waals surface area contributed by atoms with E-state index < -0.39 is 0 Å². The van der Waals surface area contributed by atoms with E-state index in [1.165, 1.54) is 37.3 Å². The van der Waals surface area contributed by atoms with E-state index in [0.29, 0.717) is 17.1 Å². The number of anilines is 1. The summed E-state index contributed by atoms with van der Waals surface area (Å²) in [4.78, 5) is 28.7. The Balaban J connectivity index is 2.10. The molecule has 0 unspecified atom stereocenters. The van der Waals surface area contributed by atoms with Gasteiger partial charge in [-0.15, -0.1) is 0 Å². The normalized spacial score (nSPS) is 16.6. The van der Waals surface area contributed by atoms with Crippen LogP contribution in [0.25, 0.3) is 11.0 Å². The van der Waals surface area contributed by atoms with Crippen LogP contribution < -0.4 is 16.6 Å². The van der Waals surface area contributed by atoms with E-state index in [1.807, 2.05) is 6.07 Å². The summed E-state index contributed by atoms with van der Waals surface area (Å²) in [6.07, 6.45) is 8.90. The van der Waals surface area contributed by atoms with E-state index in [2.05, 4.69) is 10.3 Å². The van der Waals surface area contributed by atoms with Crippen molar-refractivity contribution in [2.24, 2.45) is 14.1 Å². The van der Waals surface area contributed by atoms with Gasteiger partial charge in [0, 0.05) is 26.3 Å². The van der Waals surface area contributed by atoms with Gasteiger partial charge >= 0.3 is 5.69 Å². The fourth-order valence-corrected chi connectivity index (χ4v) is 3.25. The van der Waals surface area contributed by atoms with Gasteiger partial charge in [0.25, 0.3) is 5.56 Å². The molecule has 0 bridgehead atoms. The second kappa shape index (κ2) is 5.94. The number of hydrogen-bond acceptors (Lipinski definition) is 4. The molecule has 118 valence electrons. The molecule has 0 radical (unpaired) electrons. The van der Waals surface area contributed by atoms with Crippen molar-refractivity contribution in [1.29, 1.82) is 0 Å². The lowest BCUT2D eigenvalue weighted by Crippen LogP contribution is -2.37. The van der Waals surface area contributed by atoms with Gasteiger partial charge in [-0.1, -0.05) is 25.7 Å². The third-order valence-electron chi connectivity index (χ3n) is 4.56. The van der Waals surface area contributed by atoms with E-state index in [4.69, 9.17) is 0 Å². The molecule has 22 heavy (non-hydrogen) atoms. The van der Waals surface area contributed by atoms with Gasteiger partial charge in [-0.3, -0.25) is 13.9 Å². The Morgan fingerprint density at radius 2 is 1.77 bits per heavy atom. The Morgan fingerprint density at radius 3 is 2.45 bits per heavy atom. The standard InChI is InChI=1S/C16H22N4O2/c1-19-14-13(15(21)20(2)16(19)22)12(9-10-17-14)18-11-7-5-3-4-6-8-11/h9-11H,3-8H2,1-2H3,(H,17,18). The minimum absolute atomic E-state index is 0.290. The molecule has 0 amide bonds. The number of aromatic nitrogens is 3.